The third-order valence-corrected chi connectivity index (χ3v) is 4.08. The Morgan fingerprint density at radius 1 is 1.36 bits per heavy atom. The zero-order valence-corrected chi connectivity index (χ0v) is 13.3. The summed E-state index contributed by atoms with van der Waals surface area (Å²) >= 11 is 0. The summed E-state index contributed by atoms with van der Waals surface area (Å²) in [4.78, 5) is 33.3. The van der Waals surface area contributed by atoms with Gasteiger partial charge in [0.05, 0.1) is 17.6 Å². The molecule has 25 heavy (non-hydrogen) atoms. The summed E-state index contributed by atoms with van der Waals surface area (Å²) in [6, 6.07) is 8.63. The first-order valence-corrected chi connectivity index (χ1v) is 7.79. The van der Waals surface area contributed by atoms with Crippen molar-refractivity contribution in [3.63, 3.8) is 0 Å². The van der Waals surface area contributed by atoms with Crippen LogP contribution in [0, 0.1) is 5.82 Å². The zero-order valence-electron chi connectivity index (χ0n) is 13.3. The van der Waals surface area contributed by atoms with Crippen molar-refractivity contribution in [3.05, 3.63) is 64.3 Å². The molecule has 0 spiro atoms. The lowest BCUT2D eigenvalue weighted by molar-refractivity contribution is 0.0960. The number of aromatic nitrogens is 2. The molecule has 3 aromatic rings. The molecule has 1 aliphatic rings. The van der Waals surface area contributed by atoms with Gasteiger partial charge >= 0.3 is 0 Å². The van der Waals surface area contributed by atoms with Gasteiger partial charge in [0.1, 0.15) is 17.6 Å². The van der Waals surface area contributed by atoms with Crippen LogP contribution in [-0.2, 0) is 0 Å². The Bertz CT molecular complexity index is 1050. The molecule has 1 unspecified atom stereocenters. The van der Waals surface area contributed by atoms with Crippen molar-refractivity contribution in [1.82, 2.24) is 9.97 Å². The Labute approximate surface area is 141 Å². The smallest absolute Gasteiger partial charge is 0.259 e. The molecule has 0 saturated heterocycles. The number of amides is 1. The van der Waals surface area contributed by atoms with Gasteiger partial charge in [-0.15, -0.1) is 0 Å². The molecule has 1 atom stereocenters. The van der Waals surface area contributed by atoms with Crippen molar-refractivity contribution in [2.45, 2.75) is 13.0 Å². The lowest BCUT2D eigenvalue weighted by Gasteiger charge is -2.32. The molecule has 1 amide bonds. The number of hydrogen-bond donors (Lipinski definition) is 1. The van der Waals surface area contributed by atoms with E-state index in [9.17, 15) is 14.0 Å². The van der Waals surface area contributed by atoms with Crippen molar-refractivity contribution < 1.29 is 13.9 Å². The molecule has 6 nitrogen and oxygen atoms in total. The summed E-state index contributed by atoms with van der Waals surface area (Å²) < 4.78 is 19.1. The van der Waals surface area contributed by atoms with E-state index in [2.05, 4.69) is 9.97 Å². The topological polar surface area (TPSA) is 75.3 Å². The highest BCUT2D eigenvalue weighted by atomic mass is 19.1. The van der Waals surface area contributed by atoms with E-state index in [0.717, 1.165) is 0 Å². The summed E-state index contributed by atoms with van der Waals surface area (Å²) in [5, 5.41) is 0.482. The number of pyridine rings is 2. The van der Waals surface area contributed by atoms with Crippen molar-refractivity contribution in [1.29, 1.82) is 0 Å². The molecule has 7 heteroatoms. The Balaban J connectivity index is 1.87. The first kappa shape index (κ1) is 15.3. The van der Waals surface area contributed by atoms with Gasteiger partial charge in [0.15, 0.2) is 0 Å². The highest BCUT2D eigenvalue weighted by Gasteiger charge is 2.30. The Morgan fingerprint density at radius 2 is 2.20 bits per heavy atom. The Hall–Kier alpha value is -3.22. The van der Waals surface area contributed by atoms with Crippen molar-refractivity contribution in [3.8, 4) is 5.88 Å². The number of benzene rings is 1. The summed E-state index contributed by atoms with van der Waals surface area (Å²) in [7, 11) is 0. The lowest BCUT2D eigenvalue weighted by Crippen LogP contribution is -2.43. The van der Waals surface area contributed by atoms with Crippen molar-refractivity contribution in [2.24, 2.45) is 0 Å². The number of carbonyl (C=O) groups excluding carboxylic acids is 1. The van der Waals surface area contributed by atoms with Crippen LogP contribution in [0.4, 0.5) is 10.1 Å². The molecule has 0 bridgehead atoms. The molecule has 2 aromatic heterocycles. The quantitative estimate of drug-likeness (QED) is 0.739. The van der Waals surface area contributed by atoms with Gasteiger partial charge < -0.3 is 9.72 Å². The number of fused-ring (bicyclic) bond motifs is 2. The van der Waals surface area contributed by atoms with Gasteiger partial charge in [0, 0.05) is 17.6 Å². The van der Waals surface area contributed by atoms with Crippen LogP contribution in [0.1, 0.15) is 17.3 Å². The summed E-state index contributed by atoms with van der Waals surface area (Å²) in [6.45, 7) is 2.16. The Morgan fingerprint density at radius 3 is 3.04 bits per heavy atom. The lowest BCUT2D eigenvalue weighted by atomic mass is 10.1. The third kappa shape index (κ3) is 2.63. The number of halogens is 1. The van der Waals surface area contributed by atoms with Gasteiger partial charge in [-0.3, -0.25) is 14.5 Å². The molecule has 0 aliphatic carbocycles. The van der Waals surface area contributed by atoms with Crippen molar-refractivity contribution in [2.75, 3.05) is 11.4 Å². The van der Waals surface area contributed by atoms with Crippen LogP contribution in [0.25, 0.3) is 10.9 Å². The largest absolute Gasteiger partial charge is 0.471 e. The normalized spacial score (nSPS) is 16.4. The SMILES string of the molecule is CC1CN(C(=O)c2cc(=O)[nH]c3cc(F)ccc23)c2cccnc2O1. The molecule has 4 rings (SSSR count). The second-order valence-corrected chi connectivity index (χ2v) is 5.91. The zero-order chi connectivity index (χ0) is 17.6. The first-order valence-electron chi connectivity index (χ1n) is 7.79. The first-order chi connectivity index (χ1) is 12.0. The standard InChI is InChI=1S/C18H14FN3O3/c1-10-9-22(15-3-2-6-20-17(15)25-10)18(24)13-8-16(23)21-14-7-11(19)4-5-12(13)14/h2-8,10H,9H2,1H3,(H,21,23). The number of carbonyl (C=O) groups is 1. The average Bonchev–Trinajstić information content (AvgIpc) is 2.59. The predicted octanol–water partition coefficient (Wildman–Crippen LogP) is 2.49. The van der Waals surface area contributed by atoms with E-state index < -0.39 is 11.4 Å². The van der Waals surface area contributed by atoms with E-state index in [1.165, 1.54) is 29.2 Å². The fraction of sp³-hybridized carbons (Fsp3) is 0.167. The van der Waals surface area contributed by atoms with Crippen LogP contribution >= 0.6 is 0 Å². The van der Waals surface area contributed by atoms with Crippen LogP contribution in [0.2, 0.25) is 0 Å². The maximum absolute atomic E-state index is 13.5. The number of rotatable bonds is 1. The maximum Gasteiger partial charge on any atom is 0.259 e. The van der Waals surface area contributed by atoms with Gasteiger partial charge in [-0.1, -0.05) is 0 Å². The molecular weight excluding hydrogens is 325 g/mol. The van der Waals surface area contributed by atoms with E-state index in [-0.39, 0.29) is 23.1 Å². The van der Waals surface area contributed by atoms with Gasteiger partial charge in [-0.2, -0.15) is 0 Å². The maximum atomic E-state index is 13.5. The number of nitrogens with one attached hydrogen (secondary N) is 1. The van der Waals surface area contributed by atoms with Crippen molar-refractivity contribution >= 4 is 22.5 Å². The minimum absolute atomic E-state index is 0.211. The average molecular weight is 339 g/mol. The van der Waals surface area contributed by atoms with E-state index in [1.54, 1.807) is 18.3 Å². The van der Waals surface area contributed by atoms with E-state index in [1.807, 2.05) is 6.92 Å². The molecule has 1 aromatic carbocycles. The fourth-order valence-corrected chi connectivity index (χ4v) is 3.01. The minimum Gasteiger partial charge on any atom is -0.471 e. The molecule has 0 saturated carbocycles. The number of nitrogens with zero attached hydrogens (tertiary/aromatic N) is 2. The minimum atomic E-state index is -0.484. The van der Waals surface area contributed by atoms with E-state index in [4.69, 9.17) is 4.74 Å². The molecule has 3 heterocycles. The molecule has 0 fully saturated rings. The molecule has 1 aliphatic heterocycles. The molecule has 0 radical (unpaired) electrons. The Kier molecular flexibility index (Phi) is 3.49. The highest BCUT2D eigenvalue weighted by molar-refractivity contribution is 6.14. The van der Waals surface area contributed by atoms with Crippen LogP contribution in [0.3, 0.4) is 0 Å². The molecule has 1 N–H and O–H groups in total. The number of hydrogen-bond acceptors (Lipinski definition) is 4. The summed E-state index contributed by atoms with van der Waals surface area (Å²) in [6.07, 6.45) is 1.35. The van der Waals surface area contributed by atoms with Crippen LogP contribution in [0.5, 0.6) is 5.88 Å². The van der Waals surface area contributed by atoms with E-state index >= 15 is 0 Å². The highest BCUT2D eigenvalue weighted by Crippen LogP contribution is 2.32. The monoisotopic (exact) mass is 339 g/mol. The van der Waals surface area contributed by atoms with Gasteiger partial charge in [-0.25, -0.2) is 9.37 Å². The van der Waals surface area contributed by atoms with Gasteiger partial charge in [-0.05, 0) is 37.3 Å². The van der Waals surface area contributed by atoms with Gasteiger partial charge in [0.2, 0.25) is 11.4 Å². The number of aromatic amines is 1. The molecular formula is C18H14FN3O3. The second kappa shape index (κ2) is 5.70. The van der Waals surface area contributed by atoms with Crippen LogP contribution in [0.15, 0.2) is 47.4 Å². The van der Waals surface area contributed by atoms with Gasteiger partial charge in [0.25, 0.3) is 5.91 Å². The molecule has 126 valence electrons. The number of anilines is 1. The number of ether oxygens (including phenoxy) is 1. The second-order valence-electron chi connectivity index (χ2n) is 5.91. The van der Waals surface area contributed by atoms with E-state index in [0.29, 0.717) is 23.5 Å². The summed E-state index contributed by atoms with van der Waals surface area (Å²) in [5.41, 5.74) is 0.571. The predicted molar refractivity (Wildman–Crippen MR) is 90.5 cm³/mol. The fourth-order valence-electron chi connectivity index (χ4n) is 3.01. The summed E-state index contributed by atoms with van der Waals surface area (Å²) in [5.74, 6) is -0.468. The van der Waals surface area contributed by atoms with Crippen LogP contribution in [-0.4, -0.2) is 28.5 Å². The van der Waals surface area contributed by atoms with Crippen LogP contribution < -0.4 is 15.2 Å². The third-order valence-electron chi connectivity index (χ3n) is 4.08. The number of H-pyrrole nitrogens is 1.